The van der Waals surface area contributed by atoms with Gasteiger partial charge in [0.25, 0.3) is 0 Å². The Labute approximate surface area is 151 Å². The predicted octanol–water partition coefficient (Wildman–Crippen LogP) is 3.48. The Balaban J connectivity index is 2.21. The minimum atomic E-state index is -3.45. The molecule has 0 aromatic heterocycles. The van der Waals surface area contributed by atoms with E-state index >= 15 is 0 Å². The molecule has 0 fully saturated rings. The monoisotopic (exact) mass is 380 g/mol. The van der Waals surface area contributed by atoms with Crippen molar-refractivity contribution >= 4 is 33.2 Å². The van der Waals surface area contributed by atoms with E-state index in [9.17, 15) is 18.0 Å². The second-order valence-corrected chi connectivity index (χ2v) is 8.12. The van der Waals surface area contributed by atoms with Crippen LogP contribution in [0, 0.1) is 6.92 Å². The van der Waals surface area contributed by atoms with E-state index in [1.165, 1.54) is 25.1 Å². The zero-order chi connectivity index (χ0) is 18.8. The Hall–Kier alpha value is -2.18. The van der Waals surface area contributed by atoms with Gasteiger partial charge in [-0.25, -0.2) is 13.2 Å². The number of ether oxygens (including phenoxy) is 1. The lowest BCUT2D eigenvalue weighted by Gasteiger charge is -2.14. The lowest BCUT2D eigenvalue weighted by molar-refractivity contribution is 0.0318. The SMILES string of the molecule is Cc1ccc(S(C)(=O)=O)cc1C(=O)O[C@@H](C)C(=O)c1ccc(Cl)cc1. The van der Waals surface area contributed by atoms with Crippen LogP contribution in [0.5, 0.6) is 0 Å². The summed E-state index contributed by atoms with van der Waals surface area (Å²) in [5.74, 6) is -1.13. The minimum Gasteiger partial charge on any atom is -0.451 e. The third kappa shape index (κ3) is 4.67. The fraction of sp³-hybridized carbons (Fsp3) is 0.222. The summed E-state index contributed by atoms with van der Waals surface area (Å²) in [6.45, 7) is 3.12. The Morgan fingerprint density at radius 2 is 1.68 bits per heavy atom. The van der Waals surface area contributed by atoms with Crippen molar-refractivity contribution in [1.82, 2.24) is 0 Å². The van der Waals surface area contributed by atoms with E-state index in [1.54, 1.807) is 31.2 Å². The van der Waals surface area contributed by atoms with Crippen LogP contribution in [0.1, 0.15) is 33.2 Å². The van der Waals surface area contributed by atoms with E-state index in [-0.39, 0.29) is 16.2 Å². The topological polar surface area (TPSA) is 77.5 Å². The van der Waals surface area contributed by atoms with Crippen molar-refractivity contribution in [1.29, 1.82) is 0 Å². The number of aryl methyl sites for hydroxylation is 1. The van der Waals surface area contributed by atoms with Crippen LogP contribution >= 0.6 is 11.6 Å². The maximum absolute atomic E-state index is 12.4. The van der Waals surface area contributed by atoms with Crippen LogP contribution in [0.15, 0.2) is 47.4 Å². The molecule has 2 aromatic carbocycles. The van der Waals surface area contributed by atoms with Crippen LogP contribution in [0.3, 0.4) is 0 Å². The van der Waals surface area contributed by atoms with Gasteiger partial charge in [-0.1, -0.05) is 17.7 Å². The van der Waals surface area contributed by atoms with Gasteiger partial charge in [-0.3, -0.25) is 4.79 Å². The highest BCUT2D eigenvalue weighted by atomic mass is 35.5. The van der Waals surface area contributed by atoms with Crippen LogP contribution in [0.25, 0.3) is 0 Å². The van der Waals surface area contributed by atoms with E-state index in [0.29, 0.717) is 16.1 Å². The molecule has 2 aromatic rings. The summed E-state index contributed by atoms with van der Waals surface area (Å²) in [7, 11) is -3.45. The fourth-order valence-electron chi connectivity index (χ4n) is 2.18. The first-order valence-electron chi connectivity index (χ1n) is 7.41. The van der Waals surface area contributed by atoms with Gasteiger partial charge >= 0.3 is 5.97 Å². The van der Waals surface area contributed by atoms with E-state index in [1.807, 2.05) is 0 Å². The van der Waals surface area contributed by atoms with Crippen LogP contribution in [0.2, 0.25) is 5.02 Å². The first kappa shape index (κ1) is 19.1. The summed E-state index contributed by atoms with van der Waals surface area (Å²) < 4.78 is 28.5. The molecule has 0 aliphatic rings. The molecule has 0 unspecified atom stereocenters. The molecular weight excluding hydrogens is 364 g/mol. The molecule has 0 heterocycles. The minimum absolute atomic E-state index is 0.0155. The summed E-state index contributed by atoms with van der Waals surface area (Å²) >= 11 is 5.78. The van der Waals surface area contributed by atoms with Crippen LogP contribution < -0.4 is 0 Å². The van der Waals surface area contributed by atoms with Crippen molar-refractivity contribution in [2.45, 2.75) is 24.8 Å². The number of hydrogen-bond acceptors (Lipinski definition) is 5. The number of ketones is 1. The first-order valence-corrected chi connectivity index (χ1v) is 9.68. The number of benzene rings is 2. The van der Waals surface area contributed by atoms with Gasteiger partial charge in [-0.15, -0.1) is 0 Å². The van der Waals surface area contributed by atoms with Gasteiger partial charge in [-0.2, -0.15) is 0 Å². The molecule has 0 spiro atoms. The standard InChI is InChI=1S/C18H17ClO5S/c1-11-4-9-15(25(3,22)23)10-16(11)18(21)24-12(2)17(20)13-5-7-14(19)8-6-13/h4-10,12H,1-3H3/t12-/m0/s1. The second kappa shape index (κ2) is 7.37. The molecule has 0 saturated carbocycles. The summed E-state index contributed by atoms with van der Waals surface area (Å²) in [6.07, 6.45) is 0.0365. The molecule has 7 heteroatoms. The smallest absolute Gasteiger partial charge is 0.339 e. The Morgan fingerprint density at radius 3 is 2.24 bits per heavy atom. The van der Waals surface area contributed by atoms with Gasteiger partial charge in [0.1, 0.15) is 0 Å². The fourth-order valence-corrected chi connectivity index (χ4v) is 2.95. The van der Waals surface area contributed by atoms with Crippen molar-refractivity contribution in [2.75, 3.05) is 6.26 Å². The normalized spacial score (nSPS) is 12.5. The number of sulfone groups is 1. The van der Waals surface area contributed by atoms with Gasteiger partial charge in [-0.05, 0) is 55.8 Å². The van der Waals surface area contributed by atoms with Crippen molar-refractivity contribution in [3.05, 3.63) is 64.2 Å². The average molecular weight is 381 g/mol. The van der Waals surface area contributed by atoms with Crippen molar-refractivity contribution < 1.29 is 22.7 Å². The quantitative estimate of drug-likeness (QED) is 0.586. The molecule has 0 saturated heterocycles. The highest BCUT2D eigenvalue weighted by Gasteiger charge is 2.22. The van der Waals surface area contributed by atoms with Crippen LogP contribution in [0.4, 0.5) is 0 Å². The summed E-state index contributed by atoms with van der Waals surface area (Å²) in [5.41, 5.74) is 1.04. The molecule has 1 atom stereocenters. The van der Waals surface area contributed by atoms with Gasteiger partial charge in [0, 0.05) is 16.8 Å². The van der Waals surface area contributed by atoms with Crippen molar-refractivity contribution in [3.63, 3.8) is 0 Å². The number of esters is 1. The van der Waals surface area contributed by atoms with Gasteiger partial charge in [0.2, 0.25) is 5.78 Å². The molecule has 0 N–H and O–H groups in total. The first-order chi connectivity index (χ1) is 11.6. The summed E-state index contributed by atoms with van der Waals surface area (Å²) in [5, 5.41) is 0.495. The van der Waals surface area contributed by atoms with Gasteiger partial charge < -0.3 is 4.74 Å². The zero-order valence-electron chi connectivity index (χ0n) is 13.9. The molecule has 25 heavy (non-hydrogen) atoms. The molecule has 132 valence electrons. The van der Waals surface area contributed by atoms with Crippen molar-refractivity contribution in [3.8, 4) is 0 Å². The van der Waals surface area contributed by atoms with Gasteiger partial charge in [0.15, 0.2) is 15.9 Å². The summed E-state index contributed by atoms with van der Waals surface area (Å²) in [4.78, 5) is 24.7. The van der Waals surface area contributed by atoms with E-state index < -0.39 is 21.9 Å². The maximum atomic E-state index is 12.4. The Kier molecular flexibility index (Phi) is 5.65. The molecule has 0 aliphatic heterocycles. The summed E-state index contributed by atoms with van der Waals surface area (Å²) in [6, 6.07) is 10.4. The maximum Gasteiger partial charge on any atom is 0.339 e. The van der Waals surface area contributed by atoms with Crippen molar-refractivity contribution in [2.24, 2.45) is 0 Å². The highest BCUT2D eigenvalue weighted by molar-refractivity contribution is 7.90. The number of halogens is 1. The van der Waals surface area contributed by atoms with Crippen LogP contribution in [-0.2, 0) is 14.6 Å². The molecular formula is C18H17ClO5S. The second-order valence-electron chi connectivity index (χ2n) is 5.67. The average Bonchev–Trinajstić information content (AvgIpc) is 2.54. The molecule has 0 aliphatic carbocycles. The molecule has 0 bridgehead atoms. The third-order valence-corrected chi connectivity index (χ3v) is 5.00. The van der Waals surface area contributed by atoms with E-state index in [0.717, 1.165) is 6.26 Å². The zero-order valence-corrected chi connectivity index (χ0v) is 15.5. The Morgan fingerprint density at radius 1 is 1.08 bits per heavy atom. The lowest BCUT2D eigenvalue weighted by Crippen LogP contribution is -2.25. The van der Waals surface area contributed by atoms with E-state index in [2.05, 4.69) is 0 Å². The third-order valence-electron chi connectivity index (χ3n) is 3.64. The highest BCUT2D eigenvalue weighted by Crippen LogP contribution is 2.18. The lowest BCUT2D eigenvalue weighted by atomic mass is 10.1. The van der Waals surface area contributed by atoms with Gasteiger partial charge in [0.05, 0.1) is 10.5 Å². The number of carbonyl (C=O) groups excluding carboxylic acids is 2. The predicted molar refractivity (Wildman–Crippen MR) is 94.9 cm³/mol. The number of Topliss-reactive ketones (excluding diaryl/α,β-unsaturated/α-hetero) is 1. The van der Waals surface area contributed by atoms with Crippen LogP contribution in [-0.4, -0.2) is 32.5 Å². The Bertz CT molecular complexity index is 917. The number of rotatable bonds is 5. The molecule has 0 amide bonds. The largest absolute Gasteiger partial charge is 0.451 e. The molecule has 2 rings (SSSR count). The number of hydrogen-bond donors (Lipinski definition) is 0. The molecule has 5 nitrogen and oxygen atoms in total. The molecule has 0 radical (unpaired) electrons. The number of carbonyl (C=O) groups is 2. The van der Waals surface area contributed by atoms with E-state index in [4.69, 9.17) is 16.3 Å².